The van der Waals surface area contributed by atoms with Crippen molar-refractivity contribution in [3.8, 4) is 0 Å². The molecule has 0 spiro atoms. The van der Waals surface area contributed by atoms with Crippen LogP contribution < -0.4 is 16.0 Å². The fourth-order valence-corrected chi connectivity index (χ4v) is 5.98. The van der Waals surface area contributed by atoms with Crippen LogP contribution in [0.15, 0.2) is 82.6 Å². The van der Waals surface area contributed by atoms with Crippen molar-refractivity contribution in [3.05, 3.63) is 72.8 Å². The van der Waals surface area contributed by atoms with Gasteiger partial charge in [-0.25, -0.2) is 21.1 Å². The van der Waals surface area contributed by atoms with Gasteiger partial charge < -0.3 is 16.0 Å². The number of amides is 2. The molecule has 0 aliphatic carbocycles. The number of carbonyl (C=O) groups is 2. The second kappa shape index (κ2) is 15.8. The fraction of sp³-hybridized carbons (Fsp3) is 0.214. The second-order valence-corrected chi connectivity index (χ2v) is 13.6. The first-order valence-electron chi connectivity index (χ1n) is 12.2. The molecule has 0 saturated carbocycles. The van der Waals surface area contributed by atoms with E-state index < -0.39 is 19.1 Å². The number of rotatable bonds is 5. The van der Waals surface area contributed by atoms with Crippen molar-refractivity contribution in [1.29, 1.82) is 0 Å². The molecule has 0 unspecified atom stereocenters. The summed E-state index contributed by atoms with van der Waals surface area (Å²) in [5.74, 6) is -0.417. The number of fused-ring (bicyclic) bond motifs is 2. The fourth-order valence-electron chi connectivity index (χ4n) is 3.79. The maximum Gasteiger partial charge on any atom is 0.261 e. The van der Waals surface area contributed by atoms with E-state index >= 15 is 0 Å². The van der Waals surface area contributed by atoms with E-state index in [0.717, 1.165) is 0 Å². The smallest absolute Gasteiger partial charge is 0.261 e. The predicted molar refractivity (Wildman–Crippen MR) is 173 cm³/mol. The highest BCUT2D eigenvalue weighted by molar-refractivity contribution is 8.14. The van der Waals surface area contributed by atoms with E-state index in [9.17, 15) is 26.4 Å². The summed E-state index contributed by atoms with van der Waals surface area (Å²) in [4.78, 5) is 22.6. The van der Waals surface area contributed by atoms with Crippen LogP contribution in [0.25, 0.3) is 21.5 Å². The number of carbonyl (C=O) groups excluding carboxylic acids is 2. The van der Waals surface area contributed by atoms with Crippen LogP contribution in [0, 0.1) is 0 Å². The maximum atomic E-state index is 12.3. The highest BCUT2D eigenvalue weighted by atomic mass is 35.7. The van der Waals surface area contributed by atoms with Gasteiger partial charge >= 0.3 is 0 Å². The molecule has 4 aromatic carbocycles. The Morgan fingerprint density at radius 1 is 0.643 bits per heavy atom. The summed E-state index contributed by atoms with van der Waals surface area (Å²) in [6.07, 6.45) is 0. The van der Waals surface area contributed by atoms with Crippen LogP contribution in [0.2, 0.25) is 0 Å². The Balaban J connectivity index is 0.000000377. The minimum atomic E-state index is -3.82. The molecule has 4 aromatic rings. The lowest BCUT2D eigenvalue weighted by Gasteiger charge is -2.15. The molecule has 0 bridgehead atoms. The Bertz CT molecular complexity index is 1780. The van der Waals surface area contributed by atoms with Gasteiger partial charge in [-0.3, -0.25) is 9.59 Å². The van der Waals surface area contributed by atoms with Crippen LogP contribution in [0.1, 0.15) is 13.8 Å². The van der Waals surface area contributed by atoms with Gasteiger partial charge in [-0.05, 0) is 38.4 Å². The summed E-state index contributed by atoms with van der Waals surface area (Å²) in [6.45, 7) is 2.81. The van der Waals surface area contributed by atoms with Gasteiger partial charge in [0, 0.05) is 71.5 Å². The third-order valence-corrected chi connectivity index (χ3v) is 8.66. The molecule has 42 heavy (non-hydrogen) atoms. The van der Waals surface area contributed by atoms with Gasteiger partial charge in [-0.1, -0.05) is 48.5 Å². The second-order valence-electron chi connectivity index (χ2n) is 8.90. The van der Waals surface area contributed by atoms with Gasteiger partial charge in [0.15, 0.2) is 0 Å². The first-order valence-corrected chi connectivity index (χ1v) is 15.9. The standard InChI is InChI=1S/C14H16N2O3S.C12H10ClNO3S.C2H7N.ClH/c1-10(17)15-13-8-4-7-12-11(13)6-5-9-14(12)20(18,19)16(2)3;1-8(15)14-11-6-2-5-10-9(11)4-3-7-12(10)18(13,16)17;1-3-2;/h4-9H,1-3H3,(H,15,17);2-7H,1H3,(H,14,15);3H,1-2H3;1H. The Morgan fingerprint density at radius 2 is 0.976 bits per heavy atom. The Hall–Kier alpha value is -3.26. The molecule has 14 heteroatoms. The molecule has 0 heterocycles. The highest BCUT2D eigenvalue weighted by Gasteiger charge is 2.20. The number of hydrogen-bond acceptors (Lipinski definition) is 7. The lowest BCUT2D eigenvalue weighted by atomic mass is 10.1. The van der Waals surface area contributed by atoms with Crippen LogP contribution in [0.4, 0.5) is 11.4 Å². The zero-order chi connectivity index (χ0) is 31.0. The number of nitrogens with zero attached hydrogens (tertiary/aromatic N) is 1. The molecule has 10 nitrogen and oxygen atoms in total. The molecule has 3 N–H and O–H groups in total. The van der Waals surface area contributed by atoms with Crippen molar-refractivity contribution in [3.63, 3.8) is 0 Å². The zero-order valence-electron chi connectivity index (χ0n) is 23.9. The molecule has 0 saturated heterocycles. The van der Waals surface area contributed by atoms with E-state index in [2.05, 4.69) is 16.0 Å². The minimum absolute atomic E-state index is 0. The molecule has 4 rings (SSSR count). The SMILES string of the molecule is CC(=O)Nc1cccc2c(S(=O)(=O)Cl)cccc12.CC(=O)Nc1cccc2c(S(=O)(=O)N(C)C)cccc12.CNC.Cl. The van der Waals surface area contributed by atoms with Crippen molar-refractivity contribution in [2.45, 2.75) is 23.6 Å². The summed E-state index contributed by atoms with van der Waals surface area (Å²) in [5.41, 5.74) is 1.16. The van der Waals surface area contributed by atoms with Crippen LogP contribution in [0.3, 0.4) is 0 Å². The summed E-state index contributed by atoms with van der Waals surface area (Å²) in [7, 11) is 4.77. The molecule has 0 radical (unpaired) electrons. The first-order chi connectivity index (χ1) is 19.1. The molecule has 0 fully saturated rings. The largest absolute Gasteiger partial charge is 0.326 e. The Kier molecular flexibility index (Phi) is 13.9. The summed E-state index contributed by atoms with van der Waals surface area (Å²) in [5, 5.41) is 10.5. The lowest BCUT2D eigenvalue weighted by Crippen LogP contribution is -2.22. The highest BCUT2D eigenvalue weighted by Crippen LogP contribution is 2.31. The lowest BCUT2D eigenvalue weighted by molar-refractivity contribution is -0.115. The average Bonchev–Trinajstić information content (AvgIpc) is 2.88. The third kappa shape index (κ3) is 9.38. The first kappa shape index (κ1) is 36.8. The van der Waals surface area contributed by atoms with Crippen molar-refractivity contribution < 1.29 is 26.4 Å². The third-order valence-electron chi connectivity index (χ3n) is 5.41. The molecular formula is C28H34Cl2N4O6S2. The Morgan fingerprint density at radius 3 is 1.33 bits per heavy atom. The number of hydrogen-bond donors (Lipinski definition) is 3. The molecule has 2 amide bonds. The van der Waals surface area contributed by atoms with Crippen molar-refractivity contribution in [2.75, 3.05) is 38.8 Å². The quantitative estimate of drug-likeness (QED) is 0.256. The molecule has 228 valence electrons. The number of nitrogens with one attached hydrogen (secondary N) is 3. The van der Waals surface area contributed by atoms with Crippen molar-refractivity contribution in [1.82, 2.24) is 9.62 Å². The van der Waals surface area contributed by atoms with Crippen LogP contribution in [-0.2, 0) is 28.7 Å². The molecule has 0 aromatic heterocycles. The van der Waals surface area contributed by atoms with E-state index in [4.69, 9.17) is 10.7 Å². The van der Waals surface area contributed by atoms with Gasteiger partial charge in [0.05, 0.1) is 9.79 Å². The maximum absolute atomic E-state index is 12.3. The molecule has 0 aliphatic rings. The van der Waals surface area contributed by atoms with Crippen LogP contribution >= 0.6 is 23.1 Å². The normalized spacial score (nSPS) is 11.0. The summed E-state index contributed by atoms with van der Waals surface area (Å²) < 4.78 is 48.7. The number of benzene rings is 4. The van der Waals surface area contributed by atoms with E-state index in [0.29, 0.717) is 32.9 Å². The molecule has 0 atom stereocenters. The average molecular weight is 658 g/mol. The van der Waals surface area contributed by atoms with Crippen LogP contribution in [-0.4, -0.2) is 61.1 Å². The Labute approximate surface area is 257 Å². The van der Waals surface area contributed by atoms with E-state index in [-0.39, 0.29) is 34.0 Å². The number of anilines is 2. The van der Waals surface area contributed by atoms with E-state index in [1.54, 1.807) is 66.7 Å². The zero-order valence-corrected chi connectivity index (χ0v) is 27.1. The van der Waals surface area contributed by atoms with Crippen LogP contribution in [0.5, 0.6) is 0 Å². The van der Waals surface area contributed by atoms with Gasteiger partial charge in [-0.2, -0.15) is 0 Å². The summed E-state index contributed by atoms with van der Waals surface area (Å²) >= 11 is 0. The molecule has 0 aliphatic heterocycles. The monoisotopic (exact) mass is 656 g/mol. The van der Waals surface area contributed by atoms with Gasteiger partial charge in [-0.15, -0.1) is 12.4 Å². The minimum Gasteiger partial charge on any atom is -0.326 e. The van der Waals surface area contributed by atoms with Crippen molar-refractivity contribution >= 4 is 86.9 Å². The topological polar surface area (TPSA) is 142 Å². The van der Waals surface area contributed by atoms with Gasteiger partial charge in [0.1, 0.15) is 0 Å². The summed E-state index contributed by atoms with van der Waals surface area (Å²) in [6, 6.07) is 20.0. The molecular weight excluding hydrogens is 623 g/mol. The van der Waals surface area contributed by atoms with Gasteiger partial charge in [0.2, 0.25) is 21.8 Å². The van der Waals surface area contributed by atoms with E-state index in [1.165, 1.54) is 38.3 Å². The van der Waals surface area contributed by atoms with E-state index in [1.807, 2.05) is 14.1 Å². The van der Waals surface area contributed by atoms with Gasteiger partial charge in [0.25, 0.3) is 9.05 Å². The van der Waals surface area contributed by atoms with Crippen molar-refractivity contribution in [2.24, 2.45) is 0 Å². The number of halogens is 2. The number of sulfonamides is 1. The predicted octanol–water partition coefficient (Wildman–Crippen LogP) is 5.03.